The third-order valence-electron chi connectivity index (χ3n) is 4.58. The van der Waals surface area contributed by atoms with E-state index in [-0.39, 0.29) is 23.8 Å². The van der Waals surface area contributed by atoms with E-state index in [1.807, 2.05) is 31.2 Å². The summed E-state index contributed by atoms with van der Waals surface area (Å²) in [5, 5.41) is 6.68. The molecule has 32 heavy (non-hydrogen) atoms. The number of aryl methyl sites for hydroxylation is 1. The zero-order valence-electron chi connectivity index (χ0n) is 16.8. The second-order valence-corrected chi connectivity index (χ2v) is 8.42. The first-order valence-corrected chi connectivity index (χ1v) is 10.7. The third-order valence-corrected chi connectivity index (χ3v) is 5.70. The average Bonchev–Trinajstić information content (AvgIpc) is 3.14. The monoisotopic (exact) mass is 471 g/mol. The number of nitrogens with one attached hydrogen (secondary N) is 2. The molecule has 164 valence electrons. The number of anilines is 4. The van der Waals surface area contributed by atoms with Gasteiger partial charge in [-0.3, -0.25) is 19.3 Å². The van der Waals surface area contributed by atoms with Crippen molar-refractivity contribution in [1.29, 1.82) is 0 Å². The van der Waals surface area contributed by atoms with E-state index in [0.717, 1.165) is 22.6 Å². The summed E-state index contributed by atoms with van der Waals surface area (Å²) in [4.78, 5) is 42.4. The fourth-order valence-electron chi connectivity index (χ4n) is 3.04. The van der Waals surface area contributed by atoms with Crippen molar-refractivity contribution in [1.82, 2.24) is 4.98 Å². The standard InChI is InChI=1S/C21H18ClN5O4S/c1-11-2-5-13(6-3-11)24-21-26-18(19(23)30)20(32-21)25-16(28)9-27-14-8-12(22)4-7-15(14)31-10-17(27)29/h2-8H,9-10H2,1H3,(H2,23,30)(H,24,26)(H,25,28). The molecule has 1 aromatic heterocycles. The van der Waals surface area contributed by atoms with Crippen molar-refractivity contribution in [2.24, 2.45) is 5.73 Å². The van der Waals surface area contributed by atoms with Gasteiger partial charge in [0.05, 0.1) is 5.69 Å². The van der Waals surface area contributed by atoms with Crippen LogP contribution in [0.1, 0.15) is 16.1 Å². The van der Waals surface area contributed by atoms with Gasteiger partial charge in [0.1, 0.15) is 17.3 Å². The van der Waals surface area contributed by atoms with E-state index in [4.69, 9.17) is 22.1 Å². The fraction of sp³-hybridized carbons (Fsp3) is 0.143. The average molecular weight is 472 g/mol. The van der Waals surface area contributed by atoms with Crippen LogP contribution in [0.25, 0.3) is 0 Å². The molecule has 3 aromatic rings. The maximum atomic E-state index is 12.7. The Labute approximate surface area is 192 Å². The molecule has 0 unspecified atom stereocenters. The van der Waals surface area contributed by atoms with Gasteiger partial charge in [0.25, 0.3) is 11.8 Å². The Morgan fingerprint density at radius 3 is 2.72 bits per heavy atom. The molecule has 11 heteroatoms. The molecule has 1 aliphatic heterocycles. The first-order chi connectivity index (χ1) is 15.3. The minimum atomic E-state index is -0.784. The Morgan fingerprint density at radius 2 is 2.00 bits per heavy atom. The number of carbonyl (C=O) groups excluding carboxylic acids is 3. The smallest absolute Gasteiger partial charge is 0.270 e. The summed E-state index contributed by atoms with van der Waals surface area (Å²) >= 11 is 7.09. The summed E-state index contributed by atoms with van der Waals surface area (Å²) in [6, 6.07) is 12.4. The maximum absolute atomic E-state index is 12.7. The molecule has 0 spiro atoms. The van der Waals surface area contributed by atoms with E-state index in [1.165, 1.54) is 4.90 Å². The molecule has 2 aromatic carbocycles. The molecule has 4 rings (SSSR count). The number of primary amides is 1. The molecule has 4 N–H and O–H groups in total. The number of ether oxygens (including phenoxy) is 1. The predicted octanol–water partition coefficient (Wildman–Crippen LogP) is 3.31. The van der Waals surface area contributed by atoms with Crippen LogP contribution in [0, 0.1) is 6.92 Å². The first kappa shape index (κ1) is 21.6. The SMILES string of the molecule is Cc1ccc(Nc2nc(C(N)=O)c(NC(=O)CN3C(=O)COc4ccc(Cl)cc43)s2)cc1. The Hall–Kier alpha value is -3.63. The van der Waals surface area contributed by atoms with Crippen molar-refractivity contribution in [3.05, 3.63) is 58.7 Å². The lowest BCUT2D eigenvalue weighted by Crippen LogP contribution is -2.43. The highest BCUT2D eigenvalue weighted by Gasteiger charge is 2.28. The summed E-state index contributed by atoms with van der Waals surface area (Å²) < 4.78 is 5.38. The van der Waals surface area contributed by atoms with Gasteiger partial charge in [-0.05, 0) is 37.3 Å². The molecule has 0 saturated carbocycles. The number of halogens is 1. The molecule has 9 nitrogen and oxygen atoms in total. The van der Waals surface area contributed by atoms with Gasteiger partial charge < -0.3 is 21.1 Å². The highest BCUT2D eigenvalue weighted by atomic mass is 35.5. The second kappa shape index (κ2) is 8.85. The van der Waals surface area contributed by atoms with Crippen LogP contribution in [-0.4, -0.2) is 35.9 Å². The van der Waals surface area contributed by atoms with E-state index < -0.39 is 17.7 Å². The van der Waals surface area contributed by atoms with Crippen molar-refractivity contribution in [2.75, 3.05) is 28.7 Å². The van der Waals surface area contributed by atoms with Crippen LogP contribution >= 0.6 is 22.9 Å². The van der Waals surface area contributed by atoms with Gasteiger partial charge in [-0.1, -0.05) is 40.6 Å². The van der Waals surface area contributed by atoms with Crippen LogP contribution < -0.4 is 26.0 Å². The fourth-order valence-corrected chi connectivity index (χ4v) is 4.12. The Kier molecular flexibility index (Phi) is 5.97. The molecule has 0 radical (unpaired) electrons. The molecular weight excluding hydrogens is 454 g/mol. The van der Waals surface area contributed by atoms with Crippen LogP contribution in [0.4, 0.5) is 21.5 Å². The number of hydrogen-bond acceptors (Lipinski definition) is 7. The maximum Gasteiger partial charge on any atom is 0.270 e. The molecule has 2 heterocycles. The van der Waals surface area contributed by atoms with Gasteiger partial charge in [0.2, 0.25) is 5.91 Å². The minimum absolute atomic E-state index is 0.0743. The van der Waals surface area contributed by atoms with Crippen LogP contribution in [0.3, 0.4) is 0 Å². The summed E-state index contributed by atoms with van der Waals surface area (Å²) in [6.45, 7) is 1.48. The summed E-state index contributed by atoms with van der Waals surface area (Å²) in [7, 11) is 0. The van der Waals surface area contributed by atoms with Gasteiger partial charge in [-0.2, -0.15) is 0 Å². The largest absolute Gasteiger partial charge is 0.482 e. The van der Waals surface area contributed by atoms with Crippen LogP contribution in [0.2, 0.25) is 5.02 Å². The molecule has 0 bridgehead atoms. The number of fused-ring (bicyclic) bond motifs is 1. The van der Waals surface area contributed by atoms with E-state index in [1.54, 1.807) is 18.2 Å². The molecule has 0 aliphatic carbocycles. The van der Waals surface area contributed by atoms with E-state index >= 15 is 0 Å². The first-order valence-electron chi connectivity index (χ1n) is 9.47. The normalized spacial score (nSPS) is 12.7. The van der Waals surface area contributed by atoms with E-state index in [9.17, 15) is 14.4 Å². The van der Waals surface area contributed by atoms with E-state index in [0.29, 0.717) is 21.6 Å². The lowest BCUT2D eigenvalue weighted by Gasteiger charge is -2.28. The molecule has 0 saturated heterocycles. The van der Waals surface area contributed by atoms with Crippen molar-refractivity contribution in [3.63, 3.8) is 0 Å². The highest BCUT2D eigenvalue weighted by molar-refractivity contribution is 7.20. The second-order valence-electron chi connectivity index (χ2n) is 6.98. The number of amides is 3. The molecule has 1 aliphatic rings. The number of benzene rings is 2. The number of hydrogen-bond donors (Lipinski definition) is 3. The minimum Gasteiger partial charge on any atom is -0.482 e. The number of thiazole rings is 1. The van der Waals surface area contributed by atoms with Gasteiger partial charge in [0, 0.05) is 10.7 Å². The summed E-state index contributed by atoms with van der Waals surface area (Å²) in [6.07, 6.45) is 0. The van der Waals surface area contributed by atoms with E-state index in [2.05, 4.69) is 15.6 Å². The Balaban J connectivity index is 1.52. The lowest BCUT2D eigenvalue weighted by molar-refractivity contribution is -0.123. The van der Waals surface area contributed by atoms with Crippen molar-refractivity contribution in [2.45, 2.75) is 6.92 Å². The van der Waals surface area contributed by atoms with Crippen LogP contribution in [0.15, 0.2) is 42.5 Å². The molecule has 3 amide bonds. The Morgan fingerprint density at radius 1 is 1.25 bits per heavy atom. The number of aromatic nitrogens is 1. The van der Waals surface area contributed by atoms with Crippen LogP contribution in [0.5, 0.6) is 5.75 Å². The van der Waals surface area contributed by atoms with Crippen molar-refractivity contribution >= 4 is 62.2 Å². The Bertz CT molecular complexity index is 1210. The van der Waals surface area contributed by atoms with Gasteiger partial charge in [0.15, 0.2) is 17.4 Å². The number of nitrogens with zero attached hydrogens (tertiary/aromatic N) is 2. The molecule has 0 atom stereocenters. The number of carbonyl (C=O) groups is 3. The molecule has 0 fully saturated rings. The van der Waals surface area contributed by atoms with Crippen molar-refractivity contribution < 1.29 is 19.1 Å². The topological polar surface area (TPSA) is 127 Å². The number of nitrogens with two attached hydrogens (primary N) is 1. The predicted molar refractivity (Wildman–Crippen MR) is 123 cm³/mol. The zero-order chi connectivity index (χ0) is 22.8. The zero-order valence-corrected chi connectivity index (χ0v) is 18.4. The number of rotatable bonds is 6. The van der Waals surface area contributed by atoms with Gasteiger partial charge in [-0.25, -0.2) is 4.98 Å². The lowest BCUT2D eigenvalue weighted by atomic mass is 10.2. The quantitative estimate of drug-likeness (QED) is 0.506. The molecular formula is C21H18ClN5O4S. The van der Waals surface area contributed by atoms with Crippen molar-refractivity contribution in [3.8, 4) is 5.75 Å². The van der Waals surface area contributed by atoms with Gasteiger partial charge >= 0.3 is 0 Å². The van der Waals surface area contributed by atoms with Crippen LogP contribution in [-0.2, 0) is 9.59 Å². The highest BCUT2D eigenvalue weighted by Crippen LogP contribution is 2.35. The summed E-state index contributed by atoms with van der Waals surface area (Å²) in [5.74, 6) is -1.26. The van der Waals surface area contributed by atoms with Gasteiger partial charge in [-0.15, -0.1) is 0 Å². The summed E-state index contributed by atoms with van der Waals surface area (Å²) in [5.41, 5.74) is 7.62. The third kappa shape index (κ3) is 4.66.